The number of carbonyl (C=O) groups excluding carboxylic acids is 3. The van der Waals surface area contributed by atoms with Crippen LogP contribution >= 0.6 is 0 Å². The molecule has 0 atom stereocenters. The molecule has 10 heteroatoms. The minimum atomic E-state index is -0.480. The first-order valence-corrected chi connectivity index (χ1v) is 12.5. The molecule has 3 aromatic heterocycles. The number of carbonyl (C=O) groups is 3. The lowest BCUT2D eigenvalue weighted by Crippen LogP contribution is -2.42. The first-order valence-electron chi connectivity index (χ1n) is 12.5. The van der Waals surface area contributed by atoms with E-state index in [-0.39, 0.29) is 11.6 Å². The molecule has 194 valence electrons. The number of hydrogen-bond acceptors (Lipinski definition) is 6. The summed E-state index contributed by atoms with van der Waals surface area (Å²) >= 11 is 0. The van der Waals surface area contributed by atoms with Crippen molar-refractivity contribution >= 4 is 56.7 Å². The van der Waals surface area contributed by atoms with E-state index in [0.29, 0.717) is 54.2 Å². The minimum absolute atomic E-state index is 0.0325. The van der Waals surface area contributed by atoms with Gasteiger partial charge in [-0.05, 0) is 18.1 Å². The zero-order chi connectivity index (χ0) is 26.7. The molecular weight excluding hydrogens is 484 g/mol. The fourth-order valence-electron chi connectivity index (χ4n) is 5.54. The molecule has 1 aromatic carbocycles. The maximum absolute atomic E-state index is 13.3. The average Bonchev–Trinajstić information content (AvgIpc) is 3.57. The van der Waals surface area contributed by atoms with Gasteiger partial charge in [-0.3, -0.25) is 14.9 Å². The fraction of sp³-hybridized carbons (Fsp3) is 0.286. The van der Waals surface area contributed by atoms with E-state index >= 15 is 0 Å². The van der Waals surface area contributed by atoms with E-state index in [1.165, 1.54) is 0 Å². The maximum atomic E-state index is 13.3. The highest BCUT2D eigenvalue weighted by molar-refractivity contribution is 6.50. The van der Waals surface area contributed by atoms with Gasteiger partial charge in [-0.2, -0.15) is 0 Å². The zero-order valence-electron chi connectivity index (χ0n) is 21.7. The Balaban J connectivity index is 1.55. The molecule has 2 aliphatic rings. The van der Waals surface area contributed by atoms with Gasteiger partial charge in [0.2, 0.25) is 0 Å². The van der Waals surface area contributed by atoms with E-state index in [9.17, 15) is 14.4 Å². The maximum Gasteiger partial charge on any atom is 0.319 e. The molecule has 5 heterocycles. The Hall–Kier alpha value is -4.60. The molecule has 6 rings (SSSR count). The SMILES string of the molecule is CN(C)C(=O)N1CCc2cccc3c(C4=C(c5cnc(N(C)C)c6ccoc56)C(=O)NC4=O)cn(c23)CC1. The number of amides is 4. The van der Waals surface area contributed by atoms with Crippen LogP contribution in [0.2, 0.25) is 0 Å². The summed E-state index contributed by atoms with van der Waals surface area (Å²) in [5.41, 5.74) is 4.29. The van der Waals surface area contributed by atoms with Crippen LogP contribution in [0.3, 0.4) is 0 Å². The third-order valence-corrected chi connectivity index (χ3v) is 7.26. The highest BCUT2D eigenvalue weighted by Crippen LogP contribution is 2.40. The summed E-state index contributed by atoms with van der Waals surface area (Å²) < 4.78 is 7.90. The third kappa shape index (κ3) is 3.55. The Bertz CT molecular complexity index is 1680. The van der Waals surface area contributed by atoms with E-state index in [4.69, 9.17) is 4.42 Å². The monoisotopic (exact) mass is 512 g/mol. The second kappa shape index (κ2) is 8.76. The van der Waals surface area contributed by atoms with E-state index in [0.717, 1.165) is 21.9 Å². The lowest BCUT2D eigenvalue weighted by molar-refractivity contribution is -0.122. The Morgan fingerprint density at radius 1 is 0.974 bits per heavy atom. The van der Waals surface area contributed by atoms with Crippen molar-refractivity contribution in [2.24, 2.45) is 0 Å². The van der Waals surface area contributed by atoms with Crippen LogP contribution < -0.4 is 10.2 Å². The first kappa shape index (κ1) is 23.8. The number of hydrogen-bond donors (Lipinski definition) is 1. The van der Waals surface area contributed by atoms with Crippen LogP contribution in [0.15, 0.2) is 47.3 Å². The van der Waals surface area contributed by atoms with E-state index in [1.807, 2.05) is 48.3 Å². The number of urea groups is 1. The van der Waals surface area contributed by atoms with Gasteiger partial charge in [0, 0.05) is 76.7 Å². The highest BCUT2D eigenvalue weighted by atomic mass is 16.3. The fourth-order valence-corrected chi connectivity index (χ4v) is 5.54. The van der Waals surface area contributed by atoms with Gasteiger partial charge in [-0.1, -0.05) is 18.2 Å². The van der Waals surface area contributed by atoms with Crippen LogP contribution in [-0.2, 0) is 22.6 Å². The van der Waals surface area contributed by atoms with Crippen molar-refractivity contribution in [1.82, 2.24) is 24.7 Å². The van der Waals surface area contributed by atoms with Gasteiger partial charge < -0.3 is 23.7 Å². The van der Waals surface area contributed by atoms with Gasteiger partial charge in [0.15, 0.2) is 0 Å². The molecule has 0 saturated carbocycles. The number of rotatable bonds is 3. The Kier molecular flexibility index (Phi) is 5.48. The highest BCUT2D eigenvalue weighted by Gasteiger charge is 2.36. The predicted molar refractivity (Wildman–Crippen MR) is 145 cm³/mol. The number of benzene rings is 1. The minimum Gasteiger partial charge on any atom is -0.463 e. The second-order valence-corrected chi connectivity index (χ2v) is 10.1. The van der Waals surface area contributed by atoms with Crippen molar-refractivity contribution < 1.29 is 18.8 Å². The zero-order valence-corrected chi connectivity index (χ0v) is 21.7. The molecule has 0 fully saturated rings. The summed E-state index contributed by atoms with van der Waals surface area (Å²) in [6.45, 7) is 1.70. The largest absolute Gasteiger partial charge is 0.463 e. The van der Waals surface area contributed by atoms with Gasteiger partial charge in [-0.25, -0.2) is 9.78 Å². The summed E-state index contributed by atoms with van der Waals surface area (Å²) in [6, 6.07) is 7.77. The molecule has 0 spiro atoms. The molecule has 0 bridgehead atoms. The number of fused-ring (bicyclic) bond motifs is 1. The molecule has 0 saturated heterocycles. The van der Waals surface area contributed by atoms with Crippen molar-refractivity contribution in [1.29, 1.82) is 0 Å². The van der Waals surface area contributed by atoms with Gasteiger partial charge in [0.1, 0.15) is 11.4 Å². The molecule has 0 aliphatic carbocycles. The number of para-hydroxylation sites is 1. The lowest BCUT2D eigenvalue weighted by atomic mass is 9.95. The molecule has 0 unspecified atom stereocenters. The van der Waals surface area contributed by atoms with E-state index < -0.39 is 11.8 Å². The summed E-state index contributed by atoms with van der Waals surface area (Å²) in [5.74, 6) is -0.225. The van der Waals surface area contributed by atoms with Crippen molar-refractivity contribution in [2.45, 2.75) is 13.0 Å². The second-order valence-electron chi connectivity index (χ2n) is 10.1. The molecular formula is C28H28N6O4. The van der Waals surface area contributed by atoms with Crippen LogP contribution in [0.4, 0.5) is 10.6 Å². The van der Waals surface area contributed by atoms with Crippen molar-refractivity contribution in [3.05, 3.63) is 59.6 Å². The normalized spacial score (nSPS) is 15.7. The summed E-state index contributed by atoms with van der Waals surface area (Å²) in [7, 11) is 7.27. The van der Waals surface area contributed by atoms with Crippen molar-refractivity contribution in [3.63, 3.8) is 0 Å². The third-order valence-electron chi connectivity index (χ3n) is 7.26. The predicted octanol–water partition coefficient (Wildman–Crippen LogP) is 2.96. The Labute approximate surface area is 219 Å². The van der Waals surface area contributed by atoms with Crippen LogP contribution in [-0.4, -0.2) is 78.5 Å². The molecule has 4 amide bonds. The van der Waals surface area contributed by atoms with Crippen LogP contribution in [0.25, 0.3) is 33.0 Å². The standard InChI is InChI=1S/C28H28N6O4/c1-31(2)25-18-9-13-38-24(18)19(14-29-25)21-22(27(36)30-26(21)35)20-15-34-12-11-33(28(37)32(3)4)10-8-16-6-5-7-17(20)23(16)34/h5-7,9,13-15H,8,10-12H2,1-4H3,(H,30,35,36). The van der Waals surface area contributed by atoms with Gasteiger partial charge in [0.05, 0.1) is 28.3 Å². The molecule has 10 nitrogen and oxygen atoms in total. The van der Waals surface area contributed by atoms with Crippen LogP contribution in [0.1, 0.15) is 16.7 Å². The molecule has 1 N–H and O–H groups in total. The number of nitrogens with zero attached hydrogens (tertiary/aromatic N) is 5. The van der Waals surface area contributed by atoms with Crippen molar-refractivity contribution in [3.8, 4) is 0 Å². The number of anilines is 1. The Morgan fingerprint density at radius 3 is 2.47 bits per heavy atom. The smallest absolute Gasteiger partial charge is 0.319 e. The summed E-state index contributed by atoms with van der Waals surface area (Å²) in [6.07, 6.45) is 5.76. The van der Waals surface area contributed by atoms with E-state index in [1.54, 1.807) is 31.5 Å². The first-order chi connectivity index (χ1) is 18.3. The van der Waals surface area contributed by atoms with Gasteiger partial charge >= 0.3 is 6.03 Å². The number of furan rings is 1. The molecule has 4 aromatic rings. The number of nitrogens with one attached hydrogen (secondary N) is 1. The average molecular weight is 513 g/mol. The summed E-state index contributed by atoms with van der Waals surface area (Å²) in [5, 5.41) is 4.14. The molecule has 38 heavy (non-hydrogen) atoms. The topological polar surface area (TPSA) is 104 Å². The summed E-state index contributed by atoms with van der Waals surface area (Å²) in [4.78, 5) is 49.1. The quantitative estimate of drug-likeness (QED) is 0.424. The van der Waals surface area contributed by atoms with Gasteiger partial charge in [0.25, 0.3) is 11.8 Å². The molecule has 0 radical (unpaired) electrons. The van der Waals surface area contributed by atoms with Crippen LogP contribution in [0, 0.1) is 0 Å². The number of pyridine rings is 1. The lowest BCUT2D eigenvalue weighted by Gasteiger charge is -2.28. The van der Waals surface area contributed by atoms with Crippen LogP contribution in [0.5, 0.6) is 0 Å². The number of imide groups is 1. The molecule has 2 aliphatic heterocycles. The number of aromatic nitrogens is 2. The van der Waals surface area contributed by atoms with Crippen molar-refractivity contribution in [2.75, 3.05) is 46.2 Å². The van der Waals surface area contributed by atoms with E-state index in [2.05, 4.69) is 20.9 Å². The Morgan fingerprint density at radius 2 is 1.74 bits per heavy atom. The van der Waals surface area contributed by atoms with Gasteiger partial charge in [-0.15, -0.1) is 0 Å².